The number of hydrogen-bond donors (Lipinski definition) is 0. The van der Waals surface area contributed by atoms with E-state index >= 15 is 0 Å². The van der Waals surface area contributed by atoms with Gasteiger partial charge in [0.15, 0.2) is 10.8 Å². The fraction of sp³-hybridized carbons (Fsp3) is 0.692. The van der Waals surface area contributed by atoms with Crippen molar-refractivity contribution in [1.82, 2.24) is 4.98 Å². The quantitative estimate of drug-likeness (QED) is 0.764. The number of aromatic nitrogens is 1. The first-order valence-corrected chi connectivity index (χ1v) is 7.30. The van der Waals surface area contributed by atoms with Crippen LogP contribution in [0.15, 0.2) is 6.20 Å². The third kappa shape index (κ3) is 3.35. The van der Waals surface area contributed by atoms with Crippen molar-refractivity contribution in [1.29, 1.82) is 0 Å². The van der Waals surface area contributed by atoms with E-state index in [4.69, 9.17) is 0 Å². The number of carbonyl (C=O) groups excluding carboxylic acids is 1. The Hall–Kier alpha value is -0.910. The summed E-state index contributed by atoms with van der Waals surface area (Å²) in [6.45, 7) is 2.13. The highest BCUT2D eigenvalue weighted by molar-refractivity contribution is 7.13. The molecule has 6 heteroatoms. The fourth-order valence-electron chi connectivity index (χ4n) is 2.55. The van der Waals surface area contributed by atoms with Crippen LogP contribution in [0.25, 0.3) is 0 Å². The summed E-state index contributed by atoms with van der Waals surface area (Å²) in [5, 5.41) is -0.932. The Balaban J connectivity index is 2.02. The molecule has 1 aliphatic carbocycles. The SMILES string of the molecule is CCC1CCC(C(=O)c2cnc(C(F)(F)F)s2)CC1. The van der Waals surface area contributed by atoms with Crippen LogP contribution in [0, 0.1) is 11.8 Å². The van der Waals surface area contributed by atoms with Crippen LogP contribution < -0.4 is 0 Å². The topological polar surface area (TPSA) is 30.0 Å². The Kier molecular flexibility index (Phi) is 4.28. The number of ketones is 1. The summed E-state index contributed by atoms with van der Waals surface area (Å²) in [5.74, 6) is 0.378. The van der Waals surface area contributed by atoms with Gasteiger partial charge in [0, 0.05) is 12.1 Å². The van der Waals surface area contributed by atoms with Crippen LogP contribution in [0.3, 0.4) is 0 Å². The van der Waals surface area contributed by atoms with Crippen molar-refractivity contribution in [3.05, 3.63) is 16.1 Å². The molecule has 0 spiro atoms. The van der Waals surface area contributed by atoms with Crippen molar-refractivity contribution in [3.8, 4) is 0 Å². The molecule has 0 N–H and O–H groups in total. The Bertz CT molecular complexity index is 447. The minimum Gasteiger partial charge on any atom is -0.293 e. The highest BCUT2D eigenvalue weighted by Crippen LogP contribution is 2.36. The van der Waals surface area contributed by atoms with Gasteiger partial charge in [-0.1, -0.05) is 13.3 Å². The zero-order valence-corrected chi connectivity index (χ0v) is 11.5. The monoisotopic (exact) mass is 291 g/mol. The summed E-state index contributed by atoms with van der Waals surface area (Å²) in [5.41, 5.74) is 0. The van der Waals surface area contributed by atoms with Crippen LogP contribution in [-0.4, -0.2) is 10.8 Å². The number of halogens is 3. The van der Waals surface area contributed by atoms with E-state index in [1.807, 2.05) is 0 Å². The Morgan fingerprint density at radius 2 is 2.00 bits per heavy atom. The van der Waals surface area contributed by atoms with Gasteiger partial charge < -0.3 is 0 Å². The second-order valence-corrected chi connectivity index (χ2v) is 6.05. The lowest BCUT2D eigenvalue weighted by Gasteiger charge is -2.26. The maximum Gasteiger partial charge on any atom is 0.443 e. The van der Waals surface area contributed by atoms with Crippen LogP contribution in [0.2, 0.25) is 0 Å². The minimum absolute atomic E-state index is 0.121. The summed E-state index contributed by atoms with van der Waals surface area (Å²) >= 11 is 0.462. The van der Waals surface area contributed by atoms with Crippen LogP contribution in [0.5, 0.6) is 0 Å². The fourth-order valence-corrected chi connectivity index (χ4v) is 3.36. The van der Waals surface area contributed by atoms with Gasteiger partial charge in [0.1, 0.15) is 0 Å². The van der Waals surface area contributed by atoms with Gasteiger partial charge in [-0.05, 0) is 31.6 Å². The van der Waals surface area contributed by atoms with Gasteiger partial charge in [-0.2, -0.15) is 13.2 Å². The summed E-state index contributed by atoms with van der Waals surface area (Å²) < 4.78 is 37.3. The van der Waals surface area contributed by atoms with Crippen molar-refractivity contribution in [2.24, 2.45) is 11.8 Å². The third-order valence-corrected chi connectivity index (χ3v) is 4.84. The molecule has 0 aliphatic heterocycles. The first kappa shape index (κ1) is 14.5. The Morgan fingerprint density at radius 1 is 1.37 bits per heavy atom. The molecule has 0 saturated heterocycles. The largest absolute Gasteiger partial charge is 0.443 e. The van der Waals surface area contributed by atoms with Gasteiger partial charge in [0.25, 0.3) is 0 Å². The molecular weight excluding hydrogens is 275 g/mol. The van der Waals surface area contributed by atoms with Gasteiger partial charge >= 0.3 is 6.18 Å². The summed E-state index contributed by atoms with van der Waals surface area (Å²) in [7, 11) is 0. The third-order valence-electron chi connectivity index (χ3n) is 3.79. The van der Waals surface area contributed by atoms with E-state index in [2.05, 4.69) is 11.9 Å². The lowest BCUT2D eigenvalue weighted by Crippen LogP contribution is -2.21. The molecule has 0 atom stereocenters. The number of carbonyl (C=O) groups is 1. The molecule has 0 bridgehead atoms. The second kappa shape index (κ2) is 5.61. The number of nitrogens with zero attached hydrogens (tertiary/aromatic N) is 1. The van der Waals surface area contributed by atoms with E-state index < -0.39 is 11.2 Å². The predicted molar refractivity (Wildman–Crippen MR) is 67.2 cm³/mol. The normalized spacial score (nSPS) is 24.4. The van der Waals surface area contributed by atoms with E-state index in [-0.39, 0.29) is 16.6 Å². The molecule has 1 aromatic rings. The van der Waals surface area contributed by atoms with Gasteiger partial charge in [0.05, 0.1) is 4.88 Å². The van der Waals surface area contributed by atoms with Crippen molar-refractivity contribution >= 4 is 17.1 Å². The smallest absolute Gasteiger partial charge is 0.293 e. The summed E-state index contributed by atoms with van der Waals surface area (Å²) in [6.07, 6.45) is 1.30. The molecule has 2 nitrogen and oxygen atoms in total. The molecule has 1 aliphatic rings. The molecule has 1 fully saturated rings. The summed E-state index contributed by atoms with van der Waals surface area (Å²) in [4.78, 5) is 15.6. The average molecular weight is 291 g/mol. The standard InChI is InChI=1S/C13H16F3NOS/c1-2-8-3-5-9(6-4-8)11(18)10-7-17-12(19-10)13(14,15)16/h7-9H,2-6H2,1H3. The number of Topliss-reactive ketones (excluding diaryl/α,β-unsaturated/α-hetero) is 1. The predicted octanol–water partition coefficient (Wildman–Crippen LogP) is 4.56. The van der Waals surface area contributed by atoms with Crippen LogP contribution in [-0.2, 0) is 6.18 Å². The Morgan fingerprint density at radius 3 is 2.47 bits per heavy atom. The van der Waals surface area contributed by atoms with E-state index in [1.54, 1.807) is 0 Å². The van der Waals surface area contributed by atoms with Crippen molar-refractivity contribution in [2.75, 3.05) is 0 Å². The molecule has 0 amide bonds. The van der Waals surface area contributed by atoms with E-state index in [9.17, 15) is 18.0 Å². The van der Waals surface area contributed by atoms with E-state index in [1.165, 1.54) is 0 Å². The maximum atomic E-state index is 12.4. The molecular formula is C13H16F3NOS. The minimum atomic E-state index is -4.46. The zero-order chi connectivity index (χ0) is 14.0. The molecule has 2 rings (SSSR count). The molecule has 0 radical (unpaired) electrons. The average Bonchev–Trinajstić information content (AvgIpc) is 2.87. The maximum absolute atomic E-state index is 12.4. The molecule has 19 heavy (non-hydrogen) atoms. The molecule has 0 aromatic carbocycles. The zero-order valence-electron chi connectivity index (χ0n) is 10.7. The molecule has 106 valence electrons. The number of hydrogen-bond acceptors (Lipinski definition) is 3. The highest BCUT2D eigenvalue weighted by atomic mass is 32.1. The number of rotatable bonds is 3. The van der Waals surface area contributed by atoms with Gasteiger partial charge in [-0.3, -0.25) is 4.79 Å². The Labute approximate surface area is 114 Å². The summed E-state index contributed by atoms with van der Waals surface area (Å²) in [6, 6.07) is 0. The first-order valence-electron chi connectivity index (χ1n) is 6.49. The lowest BCUT2D eigenvalue weighted by atomic mass is 9.79. The second-order valence-electron chi connectivity index (χ2n) is 5.02. The van der Waals surface area contributed by atoms with Crippen LogP contribution >= 0.6 is 11.3 Å². The van der Waals surface area contributed by atoms with Crippen LogP contribution in [0.1, 0.15) is 53.7 Å². The van der Waals surface area contributed by atoms with E-state index in [0.717, 1.165) is 38.3 Å². The molecule has 0 unspecified atom stereocenters. The van der Waals surface area contributed by atoms with E-state index in [0.29, 0.717) is 17.3 Å². The molecule has 1 heterocycles. The van der Waals surface area contributed by atoms with Crippen molar-refractivity contribution < 1.29 is 18.0 Å². The lowest BCUT2D eigenvalue weighted by molar-refractivity contribution is -0.137. The molecule has 1 saturated carbocycles. The van der Waals surface area contributed by atoms with Crippen LogP contribution in [0.4, 0.5) is 13.2 Å². The van der Waals surface area contributed by atoms with Gasteiger partial charge in [-0.15, -0.1) is 11.3 Å². The van der Waals surface area contributed by atoms with Gasteiger partial charge in [0.2, 0.25) is 0 Å². The van der Waals surface area contributed by atoms with Crippen molar-refractivity contribution in [2.45, 2.75) is 45.2 Å². The van der Waals surface area contributed by atoms with Crippen molar-refractivity contribution in [3.63, 3.8) is 0 Å². The highest BCUT2D eigenvalue weighted by Gasteiger charge is 2.36. The van der Waals surface area contributed by atoms with Gasteiger partial charge in [-0.25, -0.2) is 4.98 Å². The first-order chi connectivity index (χ1) is 8.91. The molecule has 1 aromatic heterocycles. The number of thiazole rings is 1. The number of alkyl halides is 3.